The van der Waals surface area contributed by atoms with Crippen LogP contribution in [0, 0.1) is 5.82 Å². The van der Waals surface area contributed by atoms with Crippen molar-refractivity contribution in [2.75, 3.05) is 5.32 Å². The molecule has 4 rings (SSSR count). The molecule has 0 bridgehead atoms. The lowest BCUT2D eigenvalue weighted by molar-refractivity contribution is 0.102. The summed E-state index contributed by atoms with van der Waals surface area (Å²) in [4.78, 5) is 25.7. The van der Waals surface area contributed by atoms with Crippen LogP contribution in [-0.2, 0) is 0 Å². The normalized spacial score (nSPS) is 11.0. The average Bonchev–Trinajstić information content (AvgIpc) is 3.12. The van der Waals surface area contributed by atoms with Gasteiger partial charge in [0.05, 0.1) is 11.3 Å². The predicted octanol–water partition coefficient (Wildman–Crippen LogP) is 6.11. The van der Waals surface area contributed by atoms with E-state index in [2.05, 4.69) is 26.3 Å². The molecule has 4 aromatic rings. The number of carbonyl (C=O) groups excluding carboxylic acids is 1. The SMILES string of the molecule is CC(C)c1[nH]n(-c2cccc(F)c2)c(=O)c1-c1ccc(NC(=O)c2cccc(Br)c2)cc1. The summed E-state index contributed by atoms with van der Waals surface area (Å²) >= 11 is 3.36. The molecule has 2 N–H and O–H groups in total. The van der Waals surface area contributed by atoms with Gasteiger partial charge in [-0.25, -0.2) is 9.07 Å². The summed E-state index contributed by atoms with van der Waals surface area (Å²) < 4.78 is 15.9. The number of hydrogen-bond acceptors (Lipinski definition) is 2. The molecular weight excluding hydrogens is 473 g/mol. The van der Waals surface area contributed by atoms with Gasteiger partial charge in [0.1, 0.15) is 5.82 Å². The van der Waals surface area contributed by atoms with Crippen LogP contribution >= 0.6 is 15.9 Å². The fourth-order valence-electron chi connectivity index (χ4n) is 3.50. The third-order valence-corrected chi connectivity index (χ3v) is 5.57. The second-order valence-corrected chi connectivity index (χ2v) is 8.63. The molecule has 5 nitrogen and oxygen atoms in total. The molecule has 3 aromatic carbocycles. The molecule has 0 saturated heterocycles. The van der Waals surface area contributed by atoms with E-state index in [1.54, 1.807) is 54.6 Å². The number of nitrogens with one attached hydrogen (secondary N) is 2. The van der Waals surface area contributed by atoms with Crippen LogP contribution in [0.25, 0.3) is 16.8 Å². The Kier molecular flexibility index (Phi) is 6.10. The molecule has 32 heavy (non-hydrogen) atoms. The molecular formula is C25H21BrFN3O2. The maximum Gasteiger partial charge on any atom is 0.279 e. The van der Waals surface area contributed by atoms with Gasteiger partial charge in [0.15, 0.2) is 0 Å². The Bertz CT molecular complexity index is 1340. The van der Waals surface area contributed by atoms with Gasteiger partial charge in [0.25, 0.3) is 11.5 Å². The first-order valence-electron chi connectivity index (χ1n) is 10.1. The molecule has 0 aliphatic rings. The Balaban J connectivity index is 1.66. The second-order valence-electron chi connectivity index (χ2n) is 7.72. The maximum atomic E-state index is 13.7. The zero-order valence-corrected chi connectivity index (χ0v) is 19.1. The number of amides is 1. The molecule has 0 unspecified atom stereocenters. The van der Waals surface area contributed by atoms with Crippen LogP contribution in [0.5, 0.6) is 0 Å². The largest absolute Gasteiger partial charge is 0.322 e. The molecule has 0 atom stereocenters. The van der Waals surface area contributed by atoms with Crippen LogP contribution in [0.1, 0.15) is 35.8 Å². The fourth-order valence-corrected chi connectivity index (χ4v) is 3.90. The average molecular weight is 494 g/mol. The van der Waals surface area contributed by atoms with Crippen molar-refractivity contribution in [3.8, 4) is 16.8 Å². The van der Waals surface area contributed by atoms with E-state index in [-0.39, 0.29) is 17.4 Å². The van der Waals surface area contributed by atoms with Crippen molar-refractivity contribution in [3.05, 3.63) is 105 Å². The first-order chi connectivity index (χ1) is 15.3. The number of nitrogens with zero attached hydrogens (tertiary/aromatic N) is 1. The number of H-pyrrole nitrogens is 1. The van der Waals surface area contributed by atoms with Gasteiger partial charge in [-0.2, -0.15) is 0 Å². The molecule has 0 aliphatic heterocycles. The Hall–Kier alpha value is -3.45. The first-order valence-corrected chi connectivity index (χ1v) is 10.9. The van der Waals surface area contributed by atoms with Crippen molar-refractivity contribution in [3.63, 3.8) is 0 Å². The summed E-state index contributed by atoms with van der Waals surface area (Å²) in [6, 6.07) is 20.1. The summed E-state index contributed by atoms with van der Waals surface area (Å²) in [6.45, 7) is 3.97. The monoisotopic (exact) mass is 493 g/mol. The predicted molar refractivity (Wildman–Crippen MR) is 128 cm³/mol. The molecule has 1 heterocycles. The van der Waals surface area contributed by atoms with Crippen molar-refractivity contribution in [2.24, 2.45) is 0 Å². The highest BCUT2D eigenvalue weighted by atomic mass is 79.9. The van der Waals surface area contributed by atoms with E-state index in [0.29, 0.717) is 28.1 Å². The lowest BCUT2D eigenvalue weighted by Gasteiger charge is -2.08. The fraction of sp³-hybridized carbons (Fsp3) is 0.120. The number of aromatic amines is 1. The van der Waals surface area contributed by atoms with Crippen molar-refractivity contribution in [2.45, 2.75) is 19.8 Å². The molecule has 0 radical (unpaired) electrons. The highest BCUT2D eigenvalue weighted by Crippen LogP contribution is 2.27. The Morgan fingerprint density at radius 1 is 1.03 bits per heavy atom. The third kappa shape index (κ3) is 4.43. The number of benzene rings is 3. The number of rotatable bonds is 5. The van der Waals surface area contributed by atoms with Crippen molar-refractivity contribution >= 4 is 27.5 Å². The summed E-state index contributed by atoms with van der Waals surface area (Å²) in [7, 11) is 0. The molecule has 162 valence electrons. The molecule has 0 saturated carbocycles. The van der Waals surface area contributed by atoms with Crippen molar-refractivity contribution in [1.82, 2.24) is 9.78 Å². The van der Waals surface area contributed by atoms with Crippen LogP contribution in [0.4, 0.5) is 10.1 Å². The summed E-state index contributed by atoms with van der Waals surface area (Å²) in [5, 5.41) is 5.99. The Morgan fingerprint density at radius 3 is 2.41 bits per heavy atom. The maximum absolute atomic E-state index is 13.7. The van der Waals surface area contributed by atoms with Gasteiger partial charge in [-0.15, -0.1) is 0 Å². The van der Waals surface area contributed by atoms with E-state index in [1.807, 2.05) is 19.9 Å². The molecule has 7 heteroatoms. The van der Waals surface area contributed by atoms with E-state index in [0.717, 1.165) is 10.2 Å². The first kappa shape index (κ1) is 21.8. The molecule has 0 spiro atoms. The van der Waals surface area contributed by atoms with Crippen molar-refractivity contribution in [1.29, 1.82) is 0 Å². The minimum atomic E-state index is -0.415. The number of anilines is 1. The molecule has 0 fully saturated rings. The Morgan fingerprint density at radius 2 is 1.75 bits per heavy atom. The van der Waals surface area contributed by atoms with Crippen molar-refractivity contribution < 1.29 is 9.18 Å². The number of hydrogen-bond donors (Lipinski definition) is 2. The quantitative estimate of drug-likeness (QED) is 0.352. The molecule has 1 amide bonds. The zero-order chi connectivity index (χ0) is 22.8. The lowest BCUT2D eigenvalue weighted by atomic mass is 9.99. The number of aromatic nitrogens is 2. The van der Waals surface area contributed by atoms with Crippen LogP contribution < -0.4 is 10.9 Å². The van der Waals surface area contributed by atoms with Crippen LogP contribution in [0.2, 0.25) is 0 Å². The van der Waals surface area contributed by atoms with Crippen LogP contribution in [0.3, 0.4) is 0 Å². The number of halogens is 2. The molecule has 0 aliphatic carbocycles. The van der Waals surface area contributed by atoms with E-state index in [1.165, 1.54) is 16.8 Å². The molecule has 1 aromatic heterocycles. The highest BCUT2D eigenvalue weighted by Gasteiger charge is 2.19. The second kappa shape index (κ2) is 8.96. The van der Waals surface area contributed by atoms with E-state index >= 15 is 0 Å². The summed E-state index contributed by atoms with van der Waals surface area (Å²) in [6.07, 6.45) is 0. The van der Waals surface area contributed by atoms with E-state index in [4.69, 9.17) is 0 Å². The highest BCUT2D eigenvalue weighted by molar-refractivity contribution is 9.10. The smallest absolute Gasteiger partial charge is 0.279 e. The van der Waals surface area contributed by atoms with E-state index in [9.17, 15) is 14.0 Å². The van der Waals surface area contributed by atoms with Gasteiger partial charge in [-0.3, -0.25) is 14.7 Å². The zero-order valence-electron chi connectivity index (χ0n) is 17.5. The summed E-state index contributed by atoms with van der Waals surface area (Å²) in [5.74, 6) is -0.595. The topological polar surface area (TPSA) is 66.9 Å². The minimum Gasteiger partial charge on any atom is -0.322 e. The number of carbonyl (C=O) groups is 1. The summed E-state index contributed by atoms with van der Waals surface area (Å²) in [5.41, 5.74) is 3.32. The van der Waals surface area contributed by atoms with Gasteiger partial charge in [-0.1, -0.05) is 54.0 Å². The van der Waals surface area contributed by atoms with Gasteiger partial charge in [0, 0.05) is 21.4 Å². The van der Waals surface area contributed by atoms with Gasteiger partial charge in [0.2, 0.25) is 0 Å². The van der Waals surface area contributed by atoms with Crippen LogP contribution in [-0.4, -0.2) is 15.7 Å². The lowest BCUT2D eigenvalue weighted by Crippen LogP contribution is -2.15. The van der Waals surface area contributed by atoms with Gasteiger partial charge in [-0.05, 0) is 60.0 Å². The van der Waals surface area contributed by atoms with Crippen LogP contribution in [0.15, 0.2) is 82.1 Å². The van der Waals surface area contributed by atoms with Gasteiger partial charge >= 0.3 is 0 Å². The standard InChI is InChI=1S/C25H21BrFN3O2/c1-15(2)23-22(25(32)30(29-23)21-8-4-7-19(27)14-21)16-9-11-20(12-10-16)28-24(31)17-5-3-6-18(26)13-17/h3-15,29H,1-2H3,(H,28,31). The third-order valence-electron chi connectivity index (χ3n) is 5.08. The minimum absolute atomic E-state index is 0.0448. The Labute approximate surface area is 193 Å². The van der Waals surface area contributed by atoms with E-state index < -0.39 is 5.82 Å². The van der Waals surface area contributed by atoms with Gasteiger partial charge < -0.3 is 5.32 Å².